The van der Waals surface area contributed by atoms with Crippen LogP contribution in [0.25, 0.3) is 115 Å². The van der Waals surface area contributed by atoms with E-state index < -0.39 is 0 Å². The van der Waals surface area contributed by atoms with Crippen LogP contribution in [0.4, 0.5) is 17.1 Å². The lowest BCUT2D eigenvalue weighted by molar-refractivity contribution is 1.18. The number of para-hydroxylation sites is 3. The van der Waals surface area contributed by atoms with Crippen LogP contribution in [0.5, 0.6) is 0 Å². The zero-order chi connectivity index (χ0) is 49.0. The Labute approximate surface area is 430 Å². The highest BCUT2D eigenvalue weighted by Crippen LogP contribution is 2.48. The highest BCUT2D eigenvalue weighted by molar-refractivity contribution is 6.22. The topological polar surface area (TPSA) is 8.17 Å². The maximum Gasteiger partial charge on any atom is 0.0547 e. The minimum Gasteiger partial charge on any atom is -0.310 e. The van der Waals surface area contributed by atoms with E-state index in [1.54, 1.807) is 0 Å². The molecular formula is C72H48N2. The predicted molar refractivity (Wildman–Crippen MR) is 315 cm³/mol. The quantitative estimate of drug-likeness (QED) is 0.131. The molecule has 74 heavy (non-hydrogen) atoms. The van der Waals surface area contributed by atoms with Crippen LogP contribution in [0.2, 0.25) is 0 Å². The number of benzene rings is 13. The second-order valence-electron chi connectivity index (χ2n) is 19.2. The first kappa shape index (κ1) is 43.1. The third-order valence-corrected chi connectivity index (χ3v) is 15.0. The van der Waals surface area contributed by atoms with Gasteiger partial charge in [-0.25, -0.2) is 0 Å². The molecular weight excluding hydrogens is 893 g/mol. The van der Waals surface area contributed by atoms with Crippen LogP contribution in [0, 0.1) is 0 Å². The number of anilines is 3. The van der Waals surface area contributed by atoms with Crippen molar-refractivity contribution in [2.24, 2.45) is 0 Å². The number of aromatic nitrogens is 1. The molecule has 2 nitrogen and oxygen atoms in total. The molecule has 0 fully saturated rings. The zero-order valence-electron chi connectivity index (χ0n) is 40.6. The Balaban J connectivity index is 0.939. The van der Waals surface area contributed by atoms with E-state index in [1.807, 2.05) is 0 Å². The van der Waals surface area contributed by atoms with E-state index in [4.69, 9.17) is 0 Å². The average Bonchev–Trinajstić information content (AvgIpc) is 3.85. The molecule has 0 amide bonds. The van der Waals surface area contributed by atoms with E-state index in [2.05, 4.69) is 301 Å². The molecule has 14 rings (SSSR count). The molecule has 0 spiro atoms. The molecule has 1 heterocycles. The van der Waals surface area contributed by atoms with Crippen LogP contribution in [-0.2, 0) is 0 Å². The minimum atomic E-state index is 1.07. The van der Waals surface area contributed by atoms with Gasteiger partial charge in [-0.05, 0) is 149 Å². The number of hydrogen-bond donors (Lipinski definition) is 0. The first-order chi connectivity index (χ1) is 36.7. The fraction of sp³-hybridized carbons (Fsp3) is 0. The van der Waals surface area contributed by atoms with E-state index in [0.717, 1.165) is 33.9 Å². The summed E-state index contributed by atoms with van der Waals surface area (Å²) in [5.74, 6) is 0. The molecule has 0 N–H and O–H groups in total. The van der Waals surface area contributed by atoms with E-state index in [-0.39, 0.29) is 0 Å². The van der Waals surface area contributed by atoms with E-state index in [0.29, 0.717) is 0 Å². The fourth-order valence-electron chi connectivity index (χ4n) is 11.6. The molecule has 0 radical (unpaired) electrons. The largest absolute Gasteiger partial charge is 0.310 e. The molecule has 0 aliphatic heterocycles. The Morgan fingerprint density at radius 2 is 0.743 bits per heavy atom. The monoisotopic (exact) mass is 940 g/mol. The lowest BCUT2D eigenvalue weighted by Gasteiger charge is -2.28. The lowest BCUT2D eigenvalue weighted by Crippen LogP contribution is -2.11. The number of rotatable bonds is 9. The maximum absolute atomic E-state index is 2.44. The molecule has 13 aromatic carbocycles. The fourth-order valence-corrected chi connectivity index (χ4v) is 11.6. The van der Waals surface area contributed by atoms with E-state index in [9.17, 15) is 0 Å². The van der Waals surface area contributed by atoms with E-state index >= 15 is 0 Å². The van der Waals surface area contributed by atoms with Crippen LogP contribution in [0.15, 0.2) is 291 Å². The maximum atomic E-state index is 2.44. The summed E-state index contributed by atoms with van der Waals surface area (Å²) in [7, 11) is 0. The van der Waals surface area contributed by atoms with Crippen LogP contribution < -0.4 is 4.90 Å². The predicted octanol–water partition coefficient (Wildman–Crippen LogP) is 20.0. The third kappa shape index (κ3) is 7.35. The molecule has 0 aliphatic rings. The second kappa shape index (κ2) is 18.1. The Morgan fingerprint density at radius 3 is 1.45 bits per heavy atom. The Bertz CT molecular complexity index is 4380. The molecule has 0 saturated heterocycles. The lowest BCUT2D eigenvalue weighted by atomic mass is 9.84. The van der Waals surface area contributed by atoms with Crippen molar-refractivity contribution >= 4 is 71.2 Å². The van der Waals surface area contributed by atoms with Crippen molar-refractivity contribution in [3.63, 3.8) is 0 Å². The highest BCUT2D eigenvalue weighted by atomic mass is 15.1. The number of nitrogens with zero attached hydrogens (tertiary/aromatic N) is 2. The van der Waals surface area contributed by atoms with Gasteiger partial charge < -0.3 is 9.47 Å². The standard InChI is InChI=1S/C72H48N2/c1-4-20-52(21-5-1)70-63-29-13-12-27-60(63)61-46-41-56(48-66(61)71(70)53-22-6-2-7-23-53)51-39-44-59(45-40-51)73(58-42-37-50(38-43-58)55-36-35-49-19-10-11-24-54(49)47-55)67-32-16-14-28-62(67)64-31-18-34-69-72(64)65-30-15-17-33-68(65)74(69)57-25-8-3-9-26-57/h1-48H. The van der Waals surface area contributed by atoms with Gasteiger partial charge in [0.05, 0.1) is 16.7 Å². The summed E-state index contributed by atoms with van der Waals surface area (Å²) in [6.07, 6.45) is 0. The van der Waals surface area contributed by atoms with Gasteiger partial charge in [0.25, 0.3) is 0 Å². The molecule has 0 atom stereocenters. The van der Waals surface area contributed by atoms with Gasteiger partial charge >= 0.3 is 0 Å². The van der Waals surface area contributed by atoms with Gasteiger partial charge in [0.2, 0.25) is 0 Å². The van der Waals surface area contributed by atoms with Gasteiger partial charge in [-0.15, -0.1) is 0 Å². The molecule has 0 aliphatic carbocycles. The first-order valence-electron chi connectivity index (χ1n) is 25.5. The van der Waals surface area contributed by atoms with Crippen LogP contribution in [0.1, 0.15) is 0 Å². The van der Waals surface area contributed by atoms with Crippen molar-refractivity contribution in [1.29, 1.82) is 0 Å². The first-order valence-corrected chi connectivity index (χ1v) is 25.5. The minimum absolute atomic E-state index is 1.07. The Morgan fingerprint density at radius 1 is 0.257 bits per heavy atom. The molecule has 0 saturated carbocycles. The molecule has 0 unspecified atom stereocenters. The van der Waals surface area contributed by atoms with Gasteiger partial charge in [-0.1, -0.05) is 224 Å². The van der Waals surface area contributed by atoms with Crippen molar-refractivity contribution in [1.82, 2.24) is 4.57 Å². The summed E-state index contributed by atoms with van der Waals surface area (Å²) >= 11 is 0. The summed E-state index contributed by atoms with van der Waals surface area (Å²) in [6, 6.07) is 107. The SMILES string of the molecule is c1ccc(-c2c(-c3ccccc3)c3cc(-c4ccc(N(c5ccc(-c6ccc7ccccc7c6)cc5)c5ccccc5-c5cccc6c5c5ccccc5n6-c5ccccc5)cc4)ccc3c3ccccc23)cc1. The van der Waals surface area contributed by atoms with Crippen LogP contribution in [-0.4, -0.2) is 4.57 Å². The molecule has 1 aromatic heterocycles. The van der Waals surface area contributed by atoms with Crippen molar-refractivity contribution in [3.05, 3.63) is 291 Å². The van der Waals surface area contributed by atoms with Gasteiger partial charge in [-0.3, -0.25) is 0 Å². The molecule has 0 bridgehead atoms. The summed E-state index contributed by atoms with van der Waals surface area (Å²) in [5.41, 5.74) is 18.7. The molecule has 346 valence electrons. The van der Waals surface area contributed by atoms with Crippen molar-refractivity contribution in [2.45, 2.75) is 0 Å². The second-order valence-corrected chi connectivity index (χ2v) is 19.2. The zero-order valence-corrected chi connectivity index (χ0v) is 40.6. The van der Waals surface area contributed by atoms with Gasteiger partial charge in [0, 0.05) is 33.4 Å². The third-order valence-electron chi connectivity index (χ3n) is 15.0. The summed E-state index contributed by atoms with van der Waals surface area (Å²) in [6.45, 7) is 0. The molecule has 2 heteroatoms. The summed E-state index contributed by atoms with van der Waals surface area (Å²) in [5, 5.41) is 9.93. The van der Waals surface area contributed by atoms with Crippen LogP contribution in [0.3, 0.4) is 0 Å². The number of hydrogen-bond acceptors (Lipinski definition) is 1. The van der Waals surface area contributed by atoms with Gasteiger partial charge in [-0.2, -0.15) is 0 Å². The molecule has 14 aromatic rings. The number of fused-ring (bicyclic) bond motifs is 7. The Kier molecular flexibility index (Phi) is 10.6. The van der Waals surface area contributed by atoms with Crippen molar-refractivity contribution < 1.29 is 0 Å². The average molecular weight is 941 g/mol. The van der Waals surface area contributed by atoms with E-state index in [1.165, 1.54) is 98.6 Å². The highest BCUT2D eigenvalue weighted by Gasteiger charge is 2.23. The van der Waals surface area contributed by atoms with Crippen molar-refractivity contribution in [3.8, 4) is 61.3 Å². The summed E-state index contributed by atoms with van der Waals surface area (Å²) < 4.78 is 2.40. The van der Waals surface area contributed by atoms with Gasteiger partial charge in [0.15, 0.2) is 0 Å². The van der Waals surface area contributed by atoms with Crippen LogP contribution >= 0.6 is 0 Å². The van der Waals surface area contributed by atoms with Crippen molar-refractivity contribution in [2.75, 3.05) is 4.90 Å². The Hall–Kier alpha value is -9.76. The van der Waals surface area contributed by atoms with Gasteiger partial charge in [0.1, 0.15) is 0 Å². The smallest absolute Gasteiger partial charge is 0.0547 e. The summed E-state index contributed by atoms with van der Waals surface area (Å²) in [4.78, 5) is 2.44. The normalized spacial score (nSPS) is 11.5.